The van der Waals surface area contributed by atoms with Crippen LogP contribution in [0.15, 0.2) is 28.2 Å². The number of carbonyl (C=O) groups is 1. The molecule has 0 saturated carbocycles. The SMILES string of the molecule is CCCC(C)(N)C(=O)NCc1coc(-c2cccs2)n1.Cl. The molecule has 0 aliphatic carbocycles. The number of nitrogens with zero attached hydrogens (tertiary/aromatic N) is 1. The lowest BCUT2D eigenvalue weighted by atomic mass is 9.96. The van der Waals surface area contributed by atoms with Crippen LogP contribution in [-0.2, 0) is 11.3 Å². The molecule has 0 radical (unpaired) electrons. The maximum atomic E-state index is 12.0. The Morgan fingerprint density at radius 3 is 2.95 bits per heavy atom. The summed E-state index contributed by atoms with van der Waals surface area (Å²) in [5, 5.41) is 4.76. The Labute approximate surface area is 134 Å². The van der Waals surface area contributed by atoms with Gasteiger partial charge < -0.3 is 15.5 Å². The van der Waals surface area contributed by atoms with E-state index in [0.29, 0.717) is 24.6 Å². The number of amides is 1. The molecule has 0 aliphatic rings. The predicted molar refractivity (Wildman–Crippen MR) is 86.4 cm³/mol. The molecule has 2 heterocycles. The van der Waals surface area contributed by atoms with Gasteiger partial charge in [-0.25, -0.2) is 4.98 Å². The van der Waals surface area contributed by atoms with Crippen LogP contribution < -0.4 is 11.1 Å². The van der Waals surface area contributed by atoms with Crippen molar-refractivity contribution in [3.05, 3.63) is 29.5 Å². The van der Waals surface area contributed by atoms with E-state index in [-0.39, 0.29) is 18.3 Å². The van der Waals surface area contributed by atoms with Gasteiger partial charge in [0.25, 0.3) is 0 Å². The molecule has 1 atom stereocenters. The van der Waals surface area contributed by atoms with Crippen molar-refractivity contribution >= 4 is 29.7 Å². The molecule has 0 saturated heterocycles. The smallest absolute Gasteiger partial charge is 0.240 e. The standard InChI is InChI=1S/C14H19N3O2S.ClH/c1-3-6-14(2,15)13(18)16-8-10-9-19-12(17-10)11-5-4-7-20-11;/h4-5,7,9H,3,6,8,15H2,1-2H3,(H,16,18);1H. The molecule has 1 unspecified atom stereocenters. The molecular formula is C14H20ClN3O2S. The van der Waals surface area contributed by atoms with Gasteiger partial charge in [-0.05, 0) is 24.8 Å². The van der Waals surface area contributed by atoms with Gasteiger partial charge in [0.1, 0.15) is 6.26 Å². The summed E-state index contributed by atoms with van der Waals surface area (Å²) in [4.78, 5) is 17.3. The Balaban J connectivity index is 0.00000220. The average Bonchev–Trinajstić information content (AvgIpc) is 3.06. The van der Waals surface area contributed by atoms with Crippen molar-refractivity contribution in [1.29, 1.82) is 0 Å². The zero-order valence-corrected chi connectivity index (χ0v) is 13.7. The number of carbonyl (C=O) groups excluding carboxylic acids is 1. The predicted octanol–water partition coefficient (Wildman–Crippen LogP) is 2.96. The van der Waals surface area contributed by atoms with Crippen LogP contribution in [0, 0.1) is 0 Å². The van der Waals surface area contributed by atoms with E-state index in [0.717, 1.165) is 11.3 Å². The molecule has 116 valence electrons. The molecule has 1 amide bonds. The highest BCUT2D eigenvalue weighted by Gasteiger charge is 2.26. The number of halogens is 1. The molecule has 3 N–H and O–H groups in total. The lowest BCUT2D eigenvalue weighted by Crippen LogP contribution is -2.51. The maximum absolute atomic E-state index is 12.0. The second kappa shape index (κ2) is 7.59. The fourth-order valence-electron chi connectivity index (χ4n) is 1.91. The van der Waals surface area contributed by atoms with Gasteiger partial charge in [0.15, 0.2) is 0 Å². The molecule has 2 aromatic rings. The first kappa shape index (κ1) is 17.7. The first-order chi connectivity index (χ1) is 9.53. The maximum Gasteiger partial charge on any atom is 0.240 e. The molecule has 2 aromatic heterocycles. The lowest BCUT2D eigenvalue weighted by Gasteiger charge is -2.22. The van der Waals surface area contributed by atoms with Crippen molar-refractivity contribution in [2.24, 2.45) is 5.73 Å². The minimum atomic E-state index is -0.838. The lowest BCUT2D eigenvalue weighted by molar-refractivity contribution is -0.126. The van der Waals surface area contributed by atoms with Gasteiger partial charge in [-0.2, -0.15) is 0 Å². The quantitative estimate of drug-likeness (QED) is 0.853. The van der Waals surface area contributed by atoms with Crippen LogP contribution in [0.3, 0.4) is 0 Å². The summed E-state index contributed by atoms with van der Waals surface area (Å²) >= 11 is 1.56. The van der Waals surface area contributed by atoms with Crippen molar-refractivity contribution in [1.82, 2.24) is 10.3 Å². The largest absolute Gasteiger partial charge is 0.443 e. The molecular weight excluding hydrogens is 310 g/mol. The number of aromatic nitrogens is 1. The third-order valence-corrected chi connectivity index (χ3v) is 3.86. The highest BCUT2D eigenvalue weighted by Crippen LogP contribution is 2.23. The van der Waals surface area contributed by atoms with Gasteiger partial charge in [0.2, 0.25) is 11.8 Å². The fraction of sp³-hybridized carbons (Fsp3) is 0.429. The Bertz CT molecular complexity index is 567. The Kier molecular flexibility index (Phi) is 6.39. The summed E-state index contributed by atoms with van der Waals surface area (Å²) in [6.07, 6.45) is 3.08. The van der Waals surface area contributed by atoms with Gasteiger partial charge in [-0.3, -0.25) is 4.79 Å². The van der Waals surface area contributed by atoms with Crippen molar-refractivity contribution in [3.63, 3.8) is 0 Å². The molecule has 2 rings (SSSR count). The van der Waals surface area contributed by atoms with Crippen molar-refractivity contribution in [3.8, 4) is 10.8 Å². The number of nitrogens with one attached hydrogen (secondary N) is 1. The second-order valence-electron chi connectivity index (χ2n) is 4.97. The monoisotopic (exact) mass is 329 g/mol. The van der Waals surface area contributed by atoms with E-state index in [4.69, 9.17) is 10.2 Å². The highest BCUT2D eigenvalue weighted by molar-refractivity contribution is 7.13. The Morgan fingerprint density at radius 2 is 2.33 bits per heavy atom. The normalized spacial score (nSPS) is 13.3. The molecule has 5 nitrogen and oxygen atoms in total. The van der Waals surface area contributed by atoms with Gasteiger partial charge in [-0.15, -0.1) is 23.7 Å². The van der Waals surface area contributed by atoms with Crippen LogP contribution in [0.4, 0.5) is 0 Å². The first-order valence-electron chi connectivity index (χ1n) is 6.58. The summed E-state index contributed by atoms with van der Waals surface area (Å²) in [5.74, 6) is 0.411. The number of hydrogen-bond acceptors (Lipinski definition) is 5. The molecule has 0 bridgehead atoms. The van der Waals surface area contributed by atoms with Gasteiger partial charge in [0, 0.05) is 0 Å². The van der Waals surface area contributed by atoms with Crippen molar-refractivity contribution in [2.75, 3.05) is 0 Å². The summed E-state index contributed by atoms with van der Waals surface area (Å²) in [7, 11) is 0. The van der Waals surface area contributed by atoms with Crippen LogP contribution in [-0.4, -0.2) is 16.4 Å². The molecule has 0 aromatic carbocycles. The van der Waals surface area contributed by atoms with Gasteiger partial charge >= 0.3 is 0 Å². The minimum Gasteiger partial charge on any atom is -0.443 e. The molecule has 7 heteroatoms. The summed E-state index contributed by atoms with van der Waals surface area (Å²) in [6.45, 7) is 4.07. The van der Waals surface area contributed by atoms with Crippen LogP contribution in [0.1, 0.15) is 32.4 Å². The second-order valence-corrected chi connectivity index (χ2v) is 5.92. The van der Waals surface area contributed by atoms with Crippen LogP contribution in [0.25, 0.3) is 10.8 Å². The highest BCUT2D eigenvalue weighted by atomic mass is 35.5. The van der Waals surface area contributed by atoms with E-state index < -0.39 is 5.54 Å². The first-order valence-corrected chi connectivity index (χ1v) is 7.46. The fourth-order valence-corrected chi connectivity index (χ4v) is 2.56. The average molecular weight is 330 g/mol. The Hall–Kier alpha value is -1.37. The zero-order valence-electron chi connectivity index (χ0n) is 12.1. The van der Waals surface area contributed by atoms with E-state index in [2.05, 4.69) is 10.3 Å². The molecule has 0 aliphatic heterocycles. The zero-order chi connectivity index (χ0) is 14.6. The van der Waals surface area contributed by atoms with E-state index in [9.17, 15) is 4.79 Å². The van der Waals surface area contributed by atoms with Crippen molar-refractivity contribution < 1.29 is 9.21 Å². The number of oxazole rings is 1. The third-order valence-electron chi connectivity index (χ3n) is 3.00. The van der Waals surface area contributed by atoms with Gasteiger partial charge in [-0.1, -0.05) is 19.4 Å². The summed E-state index contributed by atoms with van der Waals surface area (Å²) < 4.78 is 5.39. The van der Waals surface area contributed by atoms with Crippen LogP contribution in [0.5, 0.6) is 0 Å². The van der Waals surface area contributed by atoms with Gasteiger partial charge in [0.05, 0.1) is 22.7 Å². The topological polar surface area (TPSA) is 81.2 Å². The number of thiophene rings is 1. The number of hydrogen-bond donors (Lipinski definition) is 2. The summed E-state index contributed by atoms with van der Waals surface area (Å²) in [6, 6.07) is 3.88. The van der Waals surface area contributed by atoms with Crippen molar-refractivity contribution in [2.45, 2.75) is 38.8 Å². The van der Waals surface area contributed by atoms with E-state index in [1.807, 2.05) is 24.4 Å². The summed E-state index contributed by atoms with van der Waals surface area (Å²) in [5.41, 5.74) is 5.81. The Morgan fingerprint density at radius 1 is 1.57 bits per heavy atom. The van der Waals surface area contributed by atoms with Crippen LogP contribution in [0.2, 0.25) is 0 Å². The molecule has 21 heavy (non-hydrogen) atoms. The van der Waals surface area contributed by atoms with E-state index >= 15 is 0 Å². The van der Waals surface area contributed by atoms with E-state index in [1.165, 1.54) is 0 Å². The molecule has 0 spiro atoms. The van der Waals surface area contributed by atoms with Crippen LogP contribution >= 0.6 is 23.7 Å². The number of rotatable bonds is 6. The number of nitrogens with two attached hydrogens (primary N) is 1. The minimum absolute atomic E-state index is 0. The third kappa shape index (κ3) is 4.56. The molecule has 0 fully saturated rings. The van der Waals surface area contributed by atoms with E-state index in [1.54, 1.807) is 24.5 Å².